The van der Waals surface area contributed by atoms with E-state index in [2.05, 4.69) is 418 Å². The van der Waals surface area contributed by atoms with Gasteiger partial charge in [0.1, 0.15) is 0 Å². The fraction of sp³-hybridized carbons (Fsp3) is 0.300. The van der Waals surface area contributed by atoms with Crippen LogP contribution in [0, 0.1) is 0 Å². The molecular formula is C120H132N4. The summed E-state index contributed by atoms with van der Waals surface area (Å²) in [6.07, 6.45) is 19.1. The first-order valence-electron chi connectivity index (χ1n) is 46.8. The van der Waals surface area contributed by atoms with Crippen molar-refractivity contribution in [3.8, 4) is 22.3 Å². The molecule has 4 nitrogen and oxygen atoms in total. The largest absolute Gasteiger partial charge is 0.310 e. The first-order valence-corrected chi connectivity index (χ1v) is 46.8. The average molecular weight is 1630 g/mol. The van der Waals surface area contributed by atoms with E-state index >= 15 is 0 Å². The van der Waals surface area contributed by atoms with Crippen LogP contribution in [0.4, 0.5) is 68.2 Å². The van der Waals surface area contributed by atoms with E-state index in [-0.39, 0.29) is 21.7 Å². The summed E-state index contributed by atoms with van der Waals surface area (Å²) in [4.78, 5) is 9.57. The van der Waals surface area contributed by atoms with Gasteiger partial charge < -0.3 is 19.6 Å². The molecule has 0 atom stereocenters. The Morgan fingerprint density at radius 1 is 0.169 bits per heavy atom. The first kappa shape index (κ1) is 87.2. The Morgan fingerprint density at radius 2 is 0.315 bits per heavy atom. The molecule has 0 N–H and O–H groups in total. The van der Waals surface area contributed by atoms with E-state index in [1.165, 1.54) is 257 Å². The minimum Gasteiger partial charge on any atom is -0.310 e. The van der Waals surface area contributed by atoms with Gasteiger partial charge in [0.15, 0.2) is 0 Å². The quantitative estimate of drug-likeness (QED) is 0.0670. The number of nitrogens with zero attached hydrogens (tertiary/aromatic N) is 4. The van der Waals surface area contributed by atoms with E-state index in [1.807, 2.05) is 27.7 Å². The zero-order valence-electron chi connectivity index (χ0n) is 77.1. The van der Waals surface area contributed by atoms with Crippen molar-refractivity contribution < 1.29 is 0 Å². The second-order valence-corrected chi connectivity index (χ2v) is 37.0. The Balaban J connectivity index is 0.000000127. The van der Waals surface area contributed by atoms with E-state index in [1.54, 1.807) is 0 Å². The van der Waals surface area contributed by atoms with Crippen LogP contribution in [0.5, 0.6) is 0 Å². The van der Waals surface area contributed by atoms with Crippen LogP contribution < -0.4 is 19.6 Å². The van der Waals surface area contributed by atoms with Crippen molar-refractivity contribution in [1.29, 1.82) is 0 Å². The lowest BCUT2D eigenvalue weighted by molar-refractivity contribution is 0.506. The van der Waals surface area contributed by atoms with Crippen LogP contribution in [-0.2, 0) is 98.7 Å². The topological polar surface area (TPSA) is 13.0 Å². The van der Waals surface area contributed by atoms with Crippen LogP contribution in [0.2, 0.25) is 0 Å². The number of fused-ring (bicyclic) bond motifs is 6. The number of aryl methyl sites for hydroxylation is 12. The van der Waals surface area contributed by atoms with Crippen LogP contribution in [0.3, 0.4) is 0 Å². The van der Waals surface area contributed by atoms with E-state index in [9.17, 15) is 0 Å². The molecule has 6 aliphatic rings. The molecule has 0 radical (unpaired) electrons. The number of benzene rings is 14. The summed E-state index contributed by atoms with van der Waals surface area (Å²) in [7, 11) is 0. The van der Waals surface area contributed by atoms with E-state index < -0.39 is 0 Å². The number of hydrogen-bond acceptors (Lipinski definition) is 4. The third-order valence-corrected chi connectivity index (χ3v) is 28.3. The highest BCUT2D eigenvalue weighted by atomic mass is 15.2. The predicted octanol–water partition coefficient (Wildman–Crippen LogP) is 33.4. The van der Waals surface area contributed by atoms with Crippen molar-refractivity contribution in [2.24, 2.45) is 0 Å². The smallest absolute Gasteiger partial charge is 0.0464 e. The lowest BCUT2D eigenvalue weighted by Gasteiger charge is -2.31. The van der Waals surface area contributed by atoms with E-state index in [0.717, 1.165) is 25.7 Å². The fourth-order valence-corrected chi connectivity index (χ4v) is 17.6. The number of hydrogen-bond donors (Lipinski definition) is 0. The second-order valence-electron chi connectivity index (χ2n) is 37.0. The van der Waals surface area contributed by atoms with Crippen molar-refractivity contribution in [3.63, 3.8) is 0 Å². The monoisotopic (exact) mass is 1630 g/mol. The van der Waals surface area contributed by atoms with Gasteiger partial charge in [0.05, 0.1) is 0 Å². The molecule has 20 rings (SSSR count). The fourth-order valence-electron chi connectivity index (χ4n) is 17.6. The standard InChI is InChI=1S/C33H33N.C31H31N.C27H29N.C25H27N.2C2H6/c1-4-33(2,3)29-15-9-23(10-16-29)24-11-17-30(18-12-24)34(31-19-13-25-5-7-27(25)21-31)32-20-14-26-6-8-28(26)22-32;1-4-31(2,3)27-17-12-23(13-18-27)24-14-19-29(20-15-24)32(28-8-6-5-7-9-28)30-21-16-25-10-11-26(25)22-30;1-4-27(2,3)23-11-15-24(16-12-23)28(25-13-9-19-5-7-21(19)17-25)26-14-10-20-6-8-22(20)18-26;1-4-25(2,3)21-13-16-23(17-14-21)26(22-8-6-5-7-9-22)24-15-12-19-10-11-20(19)18-24;2*1-2/h9-22H,4-8H2,1-3H3;5-9,12-22H,4,10-11H2,1-3H3;9-18H,4-8H2,1-3H3;5-9,12-18H,4,10-11H2,1-3H3;2*1-2H3. The van der Waals surface area contributed by atoms with Crippen LogP contribution in [-0.4, -0.2) is 0 Å². The van der Waals surface area contributed by atoms with Crippen LogP contribution in [0.25, 0.3) is 22.3 Å². The molecule has 6 aliphatic carbocycles. The molecule has 0 unspecified atom stereocenters. The van der Waals surface area contributed by atoms with Crippen molar-refractivity contribution in [3.05, 3.63) is 404 Å². The molecule has 632 valence electrons. The maximum Gasteiger partial charge on any atom is 0.0464 e. The molecule has 14 aromatic rings. The molecule has 14 aromatic carbocycles. The first-order chi connectivity index (χ1) is 60.2. The third-order valence-electron chi connectivity index (χ3n) is 28.3. The molecular weight excluding hydrogens is 1500 g/mol. The Morgan fingerprint density at radius 3 is 0.484 bits per heavy atom. The van der Waals surface area contributed by atoms with Gasteiger partial charge in [-0.2, -0.15) is 0 Å². The molecule has 0 saturated carbocycles. The Labute approximate surface area is 744 Å². The molecule has 0 saturated heterocycles. The minimum absolute atomic E-state index is 0.214. The highest BCUT2D eigenvalue weighted by Crippen LogP contribution is 2.46. The summed E-state index contributed by atoms with van der Waals surface area (Å²) in [6.45, 7) is 35.6. The van der Waals surface area contributed by atoms with Crippen molar-refractivity contribution in [2.45, 2.75) is 235 Å². The van der Waals surface area contributed by atoms with Crippen LogP contribution in [0.1, 0.15) is 225 Å². The molecule has 4 heteroatoms. The van der Waals surface area contributed by atoms with Gasteiger partial charge in [0.2, 0.25) is 0 Å². The van der Waals surface area contributed by atoms with Gasteiger partial charge in [0, 0.05) is 68.2 Å². The zero-order chi connectivity index (χ0) is 86.9. The number of para-hydroxylation sites is 2. The molecule has 0 aliphatic heterocycles. The second kappa shape index (κ2) is 38.2. The van der Waals surface area contributed by atoms with Crippen LogP contribution in [0.15, 0.2) is 315 Å². The van der Waals surface area contributed by atoms with Gasteiger partial charge in [-0.3, -0.25) is 0 Å². The lowest BCUT2D eigenvalue weighted by Crippen LogP contribution is -2.17. The summed E-state index contributed by atoms with van der Waals surface area (Å²) in [6, 6.07) is 118. The van der Waals surface area contributed by atoms with Crippen molar-refractivity contribution >= 4 is 68.2 Å². The summed E-state index contributed by atoms with van der Waals surface area (Å²) in [5.74, 6) is 0. The summed E-state index contributed by atoms with van der Waals surface area (Å²) < 4.78 is 0. The van der Waals surface area contributed by atoms with Gasteiger partial charge >= 0.3 is 0 Å². The molecule has 0 bridgehead atoms. The van der Waals surface area contributed by atoms with Gasteiger partial charge in [-0.15, -0.1) is 0 Å². The molecule has 0 amide bonds. The Hall–Kier alpha value is -11.7. The lowest BCUT2D eigenvalue weighted by atomic mass is 9.82. The Bertz CT molecular complexity index is 5820. The predicted molar refractivity (Wildman–Crippen MR) is 536 cm³/mol. The maximum atomic E-state index is 2.43. The maximum absolute atomic E-state index is 2.43. The SMILES string of the molecule is CC.CC.CCC(C)(C)c1ccc(-c2ccc(N(c3ccc4c(c3)CC4)c3ccc4c(c3)CC4)cc2)cc1.CCC(C)(C)c1ccc(-c2ccc(N(c3ccccc3)c3ccc4c(c3)CC4)cc2)cc1.CCC(C)(C)c1ccc(N(c2ccc3c(c2)CC3)c2ccc3c(c2)CC3)cc1.CCC(C)(C)c1ccc(N(c2ccccc2)c2ccc3c(c2)CC3)cc1. The normalized spacial score (nSPS) is 13.2. The Kier molecular flexibility index (Phi) is 26.8. The highest BCUT2D eigenvalue weighted by molar-refractivity contribution is 5.84. The molecule has 0 fully saturated rings. The van der Waals surface area contributed by atoms with Crippen molar-refractivity contribution in [2.75, 3.05) is 19.6 Å². The van der Waals surface area contributed by atoms with Gasteiger partial charge in [-0.05, 0) is 381 Å². The number of anilines is 12. The van der Waals surface area contributed by atoms with Gasteiger partial charge in [0.25, 0.3) is 0 Å². The van der Waals surface area contributed by atoms with E-state index in [0.29, 0.717) is 0 Å². The average Bonchev–Trinajstić information content (AvgIpc) is 0.766. The summed E-state index contributed by atoms with van der Waals surface area (Å²) >= 11 is 0. The summed E-state index contributed by atoms with van der Waals surface area (Å²) in [5, 5.41) is 0. The highest BCUT2D eigenvalue weighted by Gasteiger charge is 2.28. The van der Waals surface area contributed by atoms with Gasteiger partial charge in [-0.1, -0.05) is 281 Å². The number of rotatable bonds is 22. The van der Waals surface area contributed by atoms with Gasteiger partial charge in [-0.25, -0.2) is 0 Å². The summed E-state index contributed by atoms with van der Waals surface area (Å²) in [5.41, 5.74) is 44.4. The molecule has 124 heavy (non-hydrogen) atoms. The third kappa shape index (κ3) is 18.9. The van der Waals surface area contributed by atoms with E-state index in [4.69, 9.17) is 0 Å². The molecule has 0 aromatic heterocycles. The molecule has 0 heterocycles. The van der Waals surface area contributed by atoms with Crippen LogP contribution >= 0.6 is 0 Å². The molecule has 0 spiro atoms. The van der Waals surface area contributed by atoms with Crippen molar-refractivity contribution in [1.82, 2.24) is 0 Å². The minimum atomic E-state index is 0.214. The zero-order valence-corrected chi connectivity index (χ0v) is 77.1.